The smallest absolute Gasteiger partial charge is 0.146 e. The molecule has 3 heterocycles. The van der Waals surface area contributed by atoms with E-state index in [1.54, 1.807) is 12.1 Å². The molecule has 1 saturated heterocycles. The van der Waals surface area contributed by atoms with Gasteiger partial charge in [-0.2, -0.15) is 0 Å². The van der Waals surface area contributed by atoms with Crippen LogP contribution in [-0.4, -0.2) is 46.2 Å². The molecule has 0 spiro atoms. The van der Waals surface area contributed by atoms with Gasteiger partial charge in [-0.1, -0.05) is 30.3 Å². The molecule has 2 aliphatic rings. The number of ether oxygens (including phenoxy) is 1. The van der Waals surface area contributed by atoms with Gasteiger partial charge in [0.25, 0.3) is 0 Å². The summed E-state index contributed by atoms with van der Waals surface area (Å²) < 4.78 is 20.4. The minimum absolute atomic E-state index is 0.221. The van der Waals surface area contributed by atoms with Crippen molar-refractivity contribution in [2.45, 2.75) is 38.5 Å². The zero-order valence-electron chi connectivity index (χ0n) is 21.0. The lowest BCUT2D eigenvalue weighted by Crippen LogP contribution is -2.43. The number of piperidine rings is 1. The Balaban J connectivity index is 1.20. The maximum Gasteiger partial charge on any atom is 0.146 e. The van der Waals surface area contributed by atoms with Crippen molar-refractivity contribution in [2.75, 3.05) is 31.1 Å². The van der Waals surface area contributed by atoms with Gasteiger partial charge in [0.1, 0.15) is 18.2 Å². The van der Waals surface area contributed by atoms with E-state index in [4.69, 9.17) is 14.7 Å². The second-order valence-corrected chi connectivity index (χ2v) is 10.1. The van der Waals surface area contributed by atoms with Gasteiger partial charge in [0.15, 0.2) is 0 Å². The molecule has 37 heavy (non-hydrogen) atoms. The van der Waals surface area contributed by atoms with Gasteiger partial charge in [-0.3, -0.25) is 4.90 Å². The van der Waals surface area contributed by atoms with E-state index < -0.39 is 5.60 Å². The molecule has 190 valence electrons. The van der Waals surface area contributed by atoms with E-state index in [0.29, 0.717) is 51.3 Å². The summed E-state index contributed by atoms with van der Waals surface area (Å²) in [5.41, 5.74) is 5.33. The number of rotatable bonds is 4. The monoisotopic (exact) mass is 498 g/mol. The highest BCUT2D eigenvalue weighted by atomic mass is 19.1. The van der Waals surface area contributed by atoms with Crippen molar-refractivity contribution in [2.24, 2.45) is 0 Å². The predicted molar refractivity (Wildman–Crippen MR) is 142 cm³/mol. The van der Waals surface area contributed by atoms with Gasteiger partial charge >= 0.3 is 0 Å². The molecule has 0 amide bonds. The maximum atomic E-state index is 14.3. The third kappa shape index (κ3) is 4.77. The summed E-state index contributed by atoms with van der Waals surface area (Å²) in [6, 6.07) is 20.8. The number of para-hydroxylation sites is 3. The standard InChI is InChI=1S/C30H31FN4O2/c1-21-27(33-26-8-4-3-7-25(26)32-21)20-34-16-17-37-29-11-10-23(18-22(29)19-34)30(36)12-14-35(15-13-30)28-9-5-2-6-24(28)31/h2-11,18,36H,12-17,19-20H2,1H3. The molecule has 2 aliphatic heterocycles. The first kappa shape index (κ1) is 23.8. The molecular weight excluding hydrogens is 467 g/mol. The van der Waals surface area contributed by atoms with Gasteiger partial charge in [-0.15, -0.1) is 0 Å². The summed E-state index contributed by atoms with van der Waals surface area (Å²) in [5.74, 6) is 0.640. The summed E-state index contributed by atoms with van der Waals surface area (Å²) in [6.45, 7) is 5.95. The highest BCUT2D eigenvalue weighted by Crippen LogP contribution is 2.37. The Labute approximate surface area is 216 Å². The van der Waals surface area contributed by atoms with Gasteiger partial charge in [-0.05, 0) is 61.7 Å². The molecule has 0 bridgehead atoms. The molecule has 4 aromatic rings. The molecule has 0 atom stereocenters. The summed E-state index contributed by atoms with van der Waals surface area (Å²) >= 11 is 0. The van der Waals surface area contributed by atoms with Crippen LogP contribution < -0.4 is 9.64 Å². The Morgan fingerprint density at radius 1 is 0.946 bits per heavy atom. The van der Waals surface area contributed by atoms with Crippen LogP contribution in [0.5, 0.6) is 5.75 Å². The second kappa shape index (κ2) is 9.72. The van der Waals surface area contributed by atoms with Crippen molar-refractivity contribution >= 4 is 16.7 Å². The molecule has 0 radical (unpaired) electrons. The molecule has 1 aromatic heterocycles. The highest BCUT2D eigenvalue weighted by Gasteiger charge is 2.35. The lowest BCUT2D eigenvalue weighted by molar-refractivity contribution is 0.0115. The summed E-state index contributed by atoms with van der Waals surface area (Å²) in [7, 11) is 0. The number of halogens is 1. The van der Waals surface area contributed by atoms with E-state index >= 15 is 0 Å². The molecule has 0 saturated carbocycles. The summed E-state index contributed by atoms with van der Waals surface area (Å²) in [5, 5.41) is 11.6. The van der Waals surface area contributed by atoms with Gasteiger partial charge in [0, 0.05) is 38.3 Å². The van der Waals surface area contributed by atoms with E-state index in [1.165, 1.54) is 6.07 Å². The van der Waals surface area contributed by atoms with Crippen molar-refractivity contribution in [3.05, 3.63) is 95.1 Å². The molecule has 0 unspecified atom stereocenters. The van der Waals surface area contributed by atoms with Gasteiger partial charge in [0.2, 0.25) is 0 Å². The number of fused-ring (bicyclic) bond motifs is 2. The summed E-state index contributed by atoms with van der Waals surface area (Å²) in [4.78, 5) is 14.0. The van der Waals surface area contributed by atoms with Crippen LogP contribution in [0.2, 0.25) is 0 Å². The molecule has 6 rings (SSSR count). The largest absolute Gasteiger partial charge is 0.492 e. The Kier molecular flexibility index (Phi) is 6.26. The zero-order chi connectivity index (χ0) is 25.4. The van der Waals surface area contributed by atoms with E-state index in [9.17, 15) is 9.50 Å². The lowest BCUT2D eigenvalue weighted by atomic mass is 9.83. The maximum absolute atomic E-state index is 14.3. The third-order valence-corrected chi connectivity index (χ3v) is 7.66. The van der Waals surface area contributed by atoms with E-state index in [-0.39, 0.29) is 5.82 Å². The van der Waals surface area contributed by atoms with Crippen LogP contribution in [0.1, 0.15) is 35.4 Å². The quantitative estimate of drug-likeness (QED) is 0.429. The highest BCUT2D eigenvalue weighted by molar-refractivity contribution is 5.74. The first-order valence-corrected chi connectivity index (χ1v) is 12.9. The van der Waals surface area contributed by atoms with Crippen molar-refractivity contribution < 1.29 is 14.2 Å². The molecule has 3 aromatic carbocycles. The Morgan fingerprint density at radius 2 is 1.68 bits per heavy atom. The summed E-state index contributed by atoms with van der Waals surface area (Å²) in [6.07, 6.45) is 1.08. The van der Waals surface area contributed by atoms with Crippen molar-refractivity contribution in [1.82, 2.24) is 14.9 Å². The van der Waals surface area contributed by atoms with Gasteiger partial charge in [-0.25, -0.2) is 14.4 Å². The zero-order valence-corrected chi connectivity index (χ0v) is 21.0. The van der Waals surface area contributed by atoms with Gasteiger partial charge < -0.3 is 14.7 Å². The van der Waals surface area contributed by atoms with Crippen molar-refractivity contribution in [1.29, 1.82) is 0 Å². The Morgan fingerprint density at radius 3 is 2.46 bits per heavy atom. The number of hydrogen-bond donors (Lipinski definition) is 1. The fourth-order valence-electron chi connectivity index (χ4n) is 5.47. The number of aryl methyl sites for hydroxylation is 1. The SMILES string of the molecule is Cc1nc2ccccc2nc1CN1CCOc2ccc(C3(O)CCN(c4ccccc4F)CC3)cc2C1. The van der Waals surface area contributed by atoms with Crippen LogP contribution in [0.3, 0.4) is 0 Å². The normalized spacial score (nSPS) is 17.8. The van der Waals surface area contributed by atoms with E-state index in [1.807, 2.05) is 54.3 Å². The number of aromatic nitrogens is 2. The molecule has 7 heteroatoms. The van der Waals surface area contributed by atoms with Crippen LogP contribution in [0.4, 0.5) is 10.1 Å². The number of anilines is 1. The Hall–Kier alpha value is -3.55. The molecule has 1 fully saturated rings. The average Bonchev–Trinajstić information content (AvgIpc) is 3.11. The molecular formula is C30H31FN4O2. The number of aliphatic hydroxyl groups is 1. The van der Waals surface area contributed by atoms with E-state index in [0.717, 1.165) is 45.8 Å². The van der Waals surface area contributed by atoms with Crippen LogP contribution in [0.15, 0.2) is 66.7 Å². The first-order chi connectivity index (χ1) is 18.0. The van der Waals surface area contributed by atoms with Crippen molar-refractivity contribution in [3.63, 3.8) is 0 Å². The number of benzene rings is 3. The second-order valence-electron chi connectivity index (χ2n) is 10.1. The van der Waals surface area contributed by atoms with Crippen molar-refractivity contribution in [3.8, 4) is 5.75 Å². The molecule has 6 nitrogen and oxygen atoms in total. The fraction of sp³-hybridized carbons (Fsp3) is 0.333. The Bertz CT molecular complexity index is 1430. The molecule has 1 N–H and O–H groups in total. The van der Waals surface area contributed by atoms with Crippen LogP contribution in [-0.2, 0) is 18.7 Å². The van der Waals surface area contributed by atoms with E-state index in [2.05, 4.69) is 11.0 Å². The van der Waals surface area contributed by atoms with Crippen LogP contribution in [0, 0.1) is 12.7 Å². The lowest BCUT2D eigenvalue weighted by Gasteiger charge is -2.40. The predicted octanol–water partition coefficient (Wildman–Crippen LogP) is 4.96. The van der Waals surface area contributed by atoms with Crippen LogP contribution >= 0.6 is 0 Å². The number of nitrogens with zero attached hydrogens (tertiary/aromatic N) is 4. The minimum Gasteiger partial charge on any atom is -0.492 e. The third-order valence-electron chi connectivity index (χ3n) is 7.66. The van der Waals surface area contributed by atoms with Gasteiger partial charge in [0.05, 0.1) is 33.7 Å². The minimum atomic E-state index is -0.950. The fourth-order valence-corrected chi connectivity index (χ4v) is 5.47. The molecule has 0 aliphatic carbocycles. The average molecular weight is 499 g/mol. The van der Waals surface area contributed by atoms with Crippen LogP contribution in [0.25, 0.3) is 11.0 Å². The first-order valence-electron chi connectivity index (χ1n) is 12.9. The number of hydrogen-bond acceptors (Lipinski definition) is 6. The topological polar surface area (TPSA) is 61.7 Å².